The lowest BCUT2D eigenvalue weighted by Gasteiger charge is -2.37. The molecule has 6 rings (SSSR count). The number of halogens is 2. The Balaban J connectivity index is 1.43. The van der Waals surface area contributed by atoms with Gasteiger partial charge in [0.15, 0.2) is 17.3 Å². The molecule has 2 aliphatic heterocycles. The lowest BCUT2D eigenvalue weighted by Crippen LogP contribution is -2.37. The van der Waals surface area contributed by atoms with Crippen molar-refractivity contribution >= 4 is 17.4 Å². The fourth-order valence-corrected chi connectivity index (χ4v) is 5.51. The van der Waals surface area contributed by atoms with Crippen molar-refractivity contribution in [3.8, 4) is 11.5 Å². The number of hydrogen-bond acceptors (Lipinski definition) is 5. The lowest BCUT2D eigenvalue weighted by atomic mass is 9.71. The first-order chi connectivity index (χ1) is 18.4. The van der Waals surface area contributed by atoms with Gasteiger partial charge in [0.05, 0.1) is 5.69 Å². The molecule has 1 aliphatic carbocycles. The number of hydrogen-bond donors (Lipinski definition) is 2. The molecule has 0 bridgehead atoms. The second kappa shape index (κ2) is 9.45. The Kier molecular flexibility index (Phi) is 5.94. The minimum absolute atomic E-state index is 0.00356. The van der Waals surface area contributed by atoms with Crippen LogP contribution in [0.3, 0.4) is 0 Å². The highest BCUT2D eigenvalue weighted by molar-refractivity contribution is 6.10. The average molecular weight is 515 g/mol. The van der Waals surface area contributed by atoms with Gasteiger partial charge in [-0.25, -0.2) is 8.78 Å². The van der Waals surface area contributed by atoms with Gasteiger partial charge in [0.25, 0.3) is 5.91 Å². The fourth-order valence-electron chi connectivity index (χ4n) is 5.51. The van der Waals surface area contributed by atoms with E-state index in [-0.39, 0.29) is 29.8 Å². The van der Waals surface area contributed by atoms with Gasteiger partial charge in [-0.2, -0.15) is 0 Å². The summed E-state index contributed by atoms with van der Waals surface area (Å²) in [5.41, 5.74) is 3.70. The molecule has 0 radical (unpaired) electrons. The molecule has 3 aromatic rings. The Morgan fingerprint density at radius 1 is 0.947 bits per heavy atom. The third-order valence-electron chi connectivity index (χ3n) is 7.25. The number of ether oxygens (including phenoxy) is 2. The number of dihydropyridines is 1. The minimum Gasteiger partial charge on any atom is -0.454 e. The summed E-state index contributed by atoms with van der Waals surface area (Å²) in [5.74, 6) is -1.90. The number of fused-ring (bicyclic) bond motifs is 1. The van der Waals surface area contributed by atoms with Crippen LogP contribution in [0.2, 0.25) is 0 Å². The normalized spacial score (nSPS) is 20.2. The number of rotatable bonds is 4. The standard InChI is InChI=1S/C30H24F2N2O4/c1-16-27(30(36)34-22-9-8-20(31)14-21(22)32)28(18-7-10-25-26(13-18)38-15-37-25)29-23(33-16)11-19(12-24(29)35)17-5-3-2-4-6-17/h2-10,13-14,19,28,33H,11-12,15H2,1H3,(H,34,36). The third kappa shape index (κ3) is 4.22. The van der Waals surface area contributed by atoms with Crippen LogP contribution >= 0.6 is 0 Å². The van der Waals surface area contributed by atoms with Gasteiger partial charge in [0.1, 0.15) is 11.6 Å². The van der Waals surface area contributed by atoms with E-state index >= 15 is 0 Å². The van der Waals surface area contributed by atoms with Crippen molar-refractivity contribution in [3.05, 3.63) is 112 Å². The van der Waals surface area contributed by atoms with Crippen LogP contribution in [0.15, 0.2) is 89.3 Å². The maximum atomic E-state index is 14.4. The largest absolute Gasteiger partial charge is 0.454 e. The Morgan fingerprint density at radius 3 is 2.53 bits per heavy atom. The van der Waals surface area contributed by atoms with Crippen LogP contribution in [-0.4, -0.2) is 18.5 Å². The summed E-state index contributed by atoms with van der Waals surface area (Å²) in [6, 6.07) is 18.2. The molecule has 0 aromatic heterocycles. The molecule has 2 N–H and O–H groups in total. The molecule has 0 fully saturated rings. The maximum absolute atomic E-state index is 14.4. The van der Waals surface area contributed by atoms with E-state index in [2.05, 4.69) is 10.6 Å². The Bertz CT molecular complexity index is 1530. The van der Waals surface area contributed by atoms with Gasteiger partial charge < -0.3 is 20.1 Å². The number of Topliss-reactive ketones (excluding diaryl/α,β-unsaturated/α-hetero) is 1. The van der Waals surface area contributed by atoms with E-state index in [0.29, 0.717) is 47.2 Å². The van der Waals surface area contributed by atoms with Crippen molar-refractivity contribution in [1.82, 2.24) is 5.32 Å². The molecule has 38 heavy (non-hydrogen) atoms. The Hall–Kier alpha value is -4.46. The molecular weight excluding hydrogens is 490 g/mol. The van der Waals surface area contributed by atoms with Crippen molar-refractivity contribution in [2.24, 2.45) is 0 Å². The number of amides is 1. The first-order valence-corrected chi connectivity index (χ1v) is 12.3. The third-order valence-corrected chi connectivity index (χ3v) is 7.25. The molecule has 8 heteroatoms. The van der Waals surface area contributed by atoms with Crippen molar-refractivity contribution in [2.45, 2.75) is 31.6 Å². The summed E-state index contributed by atoms with van der Waals surface area (Å²) in [6.07, 6.45) is 0.900. The van der Waals surface area contributed by atoms with E-state index < -0.39 is 23.5 Å². The monoisotopic (exact) mass is 514 g/mol. The summed E-state index contributed by atoms with van der Waals surface area (Å²) in [5, 5.41) is 5.88. The zero-order valence-electron chi connectivity index (χ0n) is 20.5. The van der Waals surface area contributed by atoms with Crippen LogP contribution in [0.1, 0.15) is 42.7 Å². The minimum atomic E-state index is -0.889. The fraction of sp³-hybridized carbons (Fsp3) is 0.200. The predicted octanol–water partition coefficient (Wildman–Crippen LogP) is 5.69. The maximum Gasteiger partial charge on any atom is 0.254 e. The highest BCUT2D eigenvalue weighted by atomic mass is 19.1. The summed E-state index contributed by atoms with van der Waals surface area (Å²) < 4.78 is 38.9. The predicted molar refractivity (Wildman–Crippen MR) is 137 cm³/mol. The van der Waals surface area contributed by atoms with Gasteiger partial charge in [-0.1, -0.05) is 36.4 Å². The van der Waals surface area contributed by atoms with Crippen LogP contribution in [0, 0.1) is 11.6 Å². The van der Waals surface area contributed by atoms with E-state index in [9.17, 15) is 18.4 Å². The molecule has 1 amide bonds. The van der Waals surface area contributed by atoms with Crippen LogP contribution in [0.25, 0.3) is 0 Å². The molecule has 2 unspecified atom stereocenters. The molecule has 6 nitrogen and oxygen atoms in total. The van der Waals surface area contributed by atoms with Crippen molar-refractivity contribution < 1.29 is 27.8 Å². The van der Waals surface area contributed by atoms with E-state index in [0.717, 1.165) is 17.3 Å². The molecule has 0 spiro atoms. The number of nitrogens with one attached hydrogen (secondary N) is 2. The highest BCUT2D eigenvalue weighted by Gasteiger charge is 2.41. The van der Waals surface area contributed by atoms with Crippen molar-refractivity contribution in [3.63, 3.8) is 0 Å². The average Bonchev–Trinajstić information content (AvgIpc) is 3.38. The number of ketones is 1. The SMILES string of the molecule is CC1=C(C(=O)Nc2ccc(F)cc2F)C(c2ccc3c(c2)OCO3)C2=C(CC(c3ccccc3)CC2=O)N1. The summed E-state index contributed by atoms with van der Waals surface area (Å²) in [6.45, 7) is 1.85. The second-order valence-electron chi connectivity index (χ2n) is 9.62. The lowest BCUT2D eigenvalue weighted by molar-refractivity contribution is -0.116. The Labute approximate surface area is 218 Å². The Morgan fingerprint density at radius 2 is 1.74 bits per heavy atom. The highest BCUT2D eigenvalue weighted by Crippen LogP contribution is 2.47. The molecule has 3 aromatic carbocycles. The topological polar surface area (TPSA) is 76.7 Å². The smallest absolute Gasteiger partial charge is 0.254 e. The van der Waals surface area contributed by atoms with Crippen molar-refractivity contribution in [1.29, 1.82) is 0 Å². The summed E-state index contributed by atoms with van der Waals surface area (Å²) >= 11 is 0. The number of anilines is 1. The first kappa shape index (κ1) is 23.9. The van der Waals surface area contributed by atoms with Crippen molar-refractivity contribution in [2.75, 3.05) is 12.1 Å². The second-order valence-corrected chi connectivity index (χ2v) is 9.62. The van der Waals surface area contributed by atoms with Gasteiger partial charge in [-0.15, -0.1) is 0 Å². The molecule has 0 saturated heterocycles. The molecule has 192 valence electrons. The molecule has 0 saturated carbocycles. The number of benzene rings is 3. The summed E-state index contributed by atoms with van der Waals surface area (Å²) in [4.78, 5) is 27.4. The van der Waals surface area contributed by atoms with Gasteiger partial charge in [-0.3, -0.25) is 9.59 Å². The zero-order valence-corrected chi connectivity index (χ0v) is 20.5. The van der Waals surface area contributed by atoms with E-state index in [1.165, 1.54) is 6.07 Å². The number of allylic oxidation sites excluding steroid dienone is 3. The quantitative estimate of drug-likeness (QED) is 0.468. The van der Waals surface area contributed by atoms with E-state index in [1.54, 1.807) is 19.1 Å². The van der Waals surface area contributed by atoms with Gasteiger partial charge in [0, 0.05) is 40.9 Å². The zero-order chi connectivity index (χ0) is 26.4. The van der Waals surface area contributed by atoms with E-state index in [4.69, 9.17) is 9.47 Å². The van der Waals surface area contributed by atoms with Crippen LogP contribution < -0.4 is 20.1 Å². The first-order valence-electron chi connectivity index (χ1n) is 12.3. The molecule has 2 atom stereocenters. The van der Waals surface area contributed by atoms with Gasteiger partial charge in [0.2, 0.25) is 6.79 Å². The van der Waals surface area contributed by atoms with E-state index in [1.807, 2.05) is 36.4 Å². The molecular formula is C30H24F2N2O4. The summed E-state index contributed by atoms with van der Waals surface area (Å²) in [7, 11) is 0. The van der Waals surface area contributed by atoms with Crippen LogP contribution in [0.4, 0.5) is 14.5 Å². The van der Waals surface area contributed by atoms with Gasteiger partial charge >= 0.3 is 0 Å². The van der Waals surface area contributed by atoms with Gasteiger partial charge in [-0.05, 0) is 54.7 Å². The number of carbonyl (C=O) groups excluding carboxylic acids is 2. The van der Waals surface area contributed by atoms with Crippen LogP contribution in [0.5, 0.6) is 11.5 Å². The van der Waals surface area contributed by atoms with Crippen LogP contribution in [-0.2, 0) is 9.59 Å². The number of carbonyl (C=O) groups is 2. The molecule has 3 aliphatic rings. The molecule has 2 heterocycles.